The topological polar surface area (TPSA) is 55.4 Å². The van der Waals surface area contributed by atoms with Gasteiger partial charge in [0.2, 0.25) is 0 Å². The third kappa shape index (κ3) is 4.15. The van der Waals surface area contributed by atoms with Gasteiger partial charge in [-0.25, -0.2) is 0 Å². The van der Waals surface area contributed by atoms with Gasteiger partial charge in [0.1, 0.15) is 5.78 Å². The van der Waals surface area contributed by atoms with Gasteiger partial charge in [-0.3, -0.25) is 9.59 Å². The SMILES string of the molecule is CCOC(=O)CC1C(=O)CC(c2ccccc2)NC1c1ccccc1. The molecule has 3 atom stereocenters. The summed E-state index contributed by atoms with van der Waals surface area (Å²) in [4.78, 5) is 24.8. The van der Waals surface area contributed by atoms with Crippen molar-refractivity contribution in [3.63, 3.8) is 0 Å². The van der Waals surface area contributed by atoms with Crippen molar-refractivity contribution < 1.29 is 14.3 Å². The van der Waals surface area contributed by atoms with E-state index in [9.17, 15) is 9.59 Å². The smallest absolute Gasteiger partial charge is 0.306 e. The maximum Gasteiger partial charge on any atom is 0.306 e. The van der Waals surface area contributed by atoms with Crippen molar-refractivity contribution >= 4 is 11.8 Å². The first-order valence-electron chi connectivity index (χ1n) is 8.73. The van der Waals surface area contributed by atoms with E-state index in [2.05, 4.69) is 5.32 Å². The van der Waals surface area contributed by atoms with Crippen LogP contribution in [-0.4, -0.2) is 18.4 Å². The third-order valence-electron chi connectivity index (χ3n) is 4.65. The van der Waals surface area contributed by atoms with Gasteiger partial charge in [-0.05, 0) is 18.1 Å². The summed E-state index contributed by atoms with van der Waals surface area (Å²) < 4.78 is 5.07. The number of ketones is 1. The van der Waals surface area contributed by atoms with Crippen molar-refractivity contribution in [3.05, 3.63) is 71.8 Å². The number of ether oxygens (including phenoxy) is 1. The van der Waals surface area contributed by atoms with Crippen LogP contribution in [0.3, 0.4) is 0 Å². The van der Waals surface area contributed by atoms with Gasteiger partial charge in [0.05, 0.1) is 13.0 Å². The van der Waals surface area contributed by atoms with Crippen LogP contribution in [-0.2, 0) is 14.3 Å². The van der Waals surface area contributed by atoms with Gasteiger partial charge in [0.15, 0.2) is 0 Å². The fourth-order valence-electron chi connectivity index (χ4n) is 3.45. The highest BCUT2D eigenvalue weighted by Gasteiger charge is 2.38. The Morgan fingerprint density at radius 3 is 2.24 bits per heavy atom. The van der Waals surface area contributed by atoms with Crippen LogP contribution < -0.4 is 5.32 Å². The van der Waals surface area contributed by atoms with Gasteiger partial charge in [0.25, 0.3) is 0 Å². The number of carbonyl (C=O) groups is 2. The van der Waals surface area contributed by atoms with E-state index < -0.39 is 5.92 Å². The molecule has 4 nitrogen and oxygen atoms in total. The number of nitrogens with one attached hydrogen (secondary N) is 1. The largest absolute Gasteiger partial charge is 0.466 e. The van der Waals surface area contributed by atoms with Crippen LogP contribution in [0.4, 0.5) is 0 Å². The molecular formula is C21H23NO3. The first-order valence-corrected chi connectivity index (χ1v) is 8.73. The summed E-state index contributed by atoms with van der Waals surface area (Å²) in [7, 11) is 0. The summed E-state index contributed by atoms with van der Waals surface area (Å²) in [5.41, 5.74) is 2.11. The second kappa shape index (κ2) is 8.08. The highest BCUT2D eigenvalue weighted by atomic mass is 16.5. The van der Waals surface area contributed by atoms with Gasteiger partial charge >= 0.3 is 5.97 Å². The first-order chi connectivity index (χ1) is 12.2. The van der Waals surface area contributed by atoms with Gasteiger partial charge in [-0.15, -0.1) is 0 Å². The normalized spacial score (nSPS) is 23.2. The minimum Gasteiger partial charge on any atom is -0.466 e. The van der Waals surface area contributed by atoms with Crippen molar-refractivity contribution in [3.8, 4) is 0 Å². The molecule has 0 bridgehead atoms. The zero-order valence-corrected chi connectivity index (χ0v) is 14.4. The minimum atomic E-state index is -0.401. The zero-order valence-electron chi connectivity index (χ0n) is 14.4. The Bertz CT molecular complexity index is 714. The van der Waals surface area contributed by atoms with Crippen molar-refractivity contribution in [2.24, 2.45) is 5.92 Å². The van der Waals surface area contributed by atoms with Crippen molar-refractivity contribution in [1.82, 2.24) is 5.32 Å². The molecule has 25 heavy (non-hydrogen) atoms. The Morgan fingerprint density at radius 2 is 1.64 bits per heavy atom. The van der Waals surface area contributed by atoms with E-state index in [4.69, 9.17) is 4.74 Å². The highest BCUT2D eigenvalue weighted by Crippen LogP contribution is 2.36. The van der Waals surface area contributed by atoms with Gasteiger partial charge in [-0.1, -0.05) is 60.7 Å². The highest BCUT2D eigenvalue weighted by molar-refractivity contribution is 5.87. The number of Topliss-reactive ketones (excluding diaryl/α,β-unsaturated/α-hetero) is 1. The number of esters is 1. The zero-order chi connectivity index (χ0) is 17.6. The van der Waals surface area contributed by atoms with Crippen molar-refractivity contribution in [1.29, 1.82) is 0 Å². The Kier molecular flexibility index (Phi) is 5.61. The van der Waals surface area contributed by atoms with Crippen LogP contribution in [0.25, 0.3) is 0 Å². The van der Waals surface area contributed by atoms with Crippen LogP contribution in [0, 0.1) is 5.92 Å². The lowest BCUT2D eigenvalue weighted by Crippen LogP contribution is -2.43. The number of hydrogen-bond acceptors (Lipinski definition) is 4. The molecule has 1 fully saturated rings. The third-order valence-corrected chi connectivity index (χ3v) is 4.65. The molecular weight excluding hydrogens is 314 g/mol. The van der Waals surface area contributed by atoms with Crippen LogP contribution in [0.15, 0.2) is 60.7 Å². The lowest BCUT2D eigenvalue weighted by Gasteiger charge is -2.36. The molecule has 0 saturated carbocycles. The van der Waals surface area contributed by atoms with Gasteiger partial charge < -0.3 is 10.1 Å². The average molecular weight is 337 g/mol. The Balaban J connectivity index is 1.87. The molecule has 0 spiro atoms. The molecule has 4 heteroatoms. The molecule has 0 amide bonds. The quantitative estimate of drug-likeness (QED) is 0.847. The molecule has 1 saturated heterocycles. The molecule has 3 rings (SSSR count). The lowest BCUT2D eigenvalue weighted by atomic mass is 9.79. The predicted molar refractivity (Wildman–Crippen MR) is 95.9 cm³/mol. The second-order valence-corrected chi connectivity index (χ2v) is 6.30. The number of rotatable bonds is 5. The summed E-state index contributed by atoms with van der Waals surface area (Å²) in [5.74, 6) is -0.613. The molecule has 1 heterocycles. The summed E-state index contributed by atoms with van der Waals surface area (Å²) in [6.45, 7) is 2.11. The summed E-state index contributed by atoms with van der Waals surface area (Å²) in [6, 6.07) is 19.6. The maximum atomic E-state index is 12.9. The van der Waals surface area contributed by atoms with E-state index >= 15 is 0 Å². The van der Waals surface area contributed by atoms with Gasteiger partial charge in [0, 0.05) is 24.4 Å². The lowest BCUT2D eigenvalue weighted by molar-refractivity contribution is -0.147. The first kappa shape index (κ1) is 17.4. The van der Waals surface area contributed by atoms with E-state index in [0.717, 1.165) is 11.1 Å². The molecule has 1 N–H and O–H groups in total. The number of benzene rings is 2. The van der Waals surface area contributed by atoms with Crippen molar-refractivity contribution in [2.45, 2.75) is 31.8 Å². The monoisotopic (exact) mass is 337 g/mol. The Hall–Kier alpha value is -2.46. The molecule has 130 valence electrons. The predicted octanol–water partition coefficient (Wildman–Crippen LogP) is 3.60. The van der Waals surface area contributed by atoms with E-state index in [1.807, 2.05) is 60.7 Å². The molecule has 1 aliphatic rings. The van der Waals surface area contributed by atoms with E-state index in [0.29, 0.717) is 13.0 Å². The van der Waals surface area contributed by atoms with Crippen LogP contribution >= 0.6 is 0 Å². The van der Waals surface area contributed by atoms with Gasteiger partial charge in [-0.2, -0.15) is 0 Å². The minimum absolute atomic E-state index is 0.0441. The molecule has 0 radical (unpaired) electrons. The molecule has 0 aliphatic carbocycles. The molecule has 2 aromatic rings. The number of hydrogen-bond donors (Lipinski definition) is 1. The number of carbonyl (C=O) groups excluding carboxylic acids is 2. The van der Waals surface area contributed by atoms with E-state index in [-0.39, 0.29) is 30.3 Å². The van der Waals surface area contributed by atoms with Crippen molar-refractivity contribution in [2.75, 3.05) is 6.61 Å². The summed E-state index contributed by atoms with van der Waals surface area (Å²) in [5, 5.41) is 3.59. The fourth-order valence-corrected chi connectivity index (χ4v) is 3.45. The Morgan fingerprint density at radius 1 is 1.04 bits per heavy atom. The standard InChI is InChI=1S/C21H23NO3/c1-2-25-20(24)13-17-19(23)14-18(15-9-5-3-6-10-15)22-21(17)16-11-7-4-8-12-16/h3-12,17-18,21-22H,2,13-14H2,1H3. The van der Waals surface area contributed by atoms with Crippen LogP contribution in [0.2, 0.25) is 0 Å². The average Bonchev–Trinajstić information content (AvgIpc) is 2.65. The molecule has 1 aliphatic heterocycles. The van der Waals surface area contributed by atoms with E-state index in [1.54, 1.807) is 6.92 Å². The van der Waals surface area contributed by atoms with Crippen LogP contribution in [0.1, 0.15) is 43.0 Å². The molecule has 2 aromatic carbocycles. The maximum absolute atomic E-state index is 12.9. The summed E-state index contributed by atoms with van der Waals surface area (Å²) >= 11 is 0. The fraction of sp³-hybridized carbons (Fsp3) is 0.333. The number of piperidine rings is 1. The summed E-state index contributed by atoms with van der Waals surface area (Å²) in [6.07, 6.45) is 0.498. The Labute approximate surface area is 148 Å². The molecule has 0 aromatic heterocycles. The van der Waals surface area contributed by atoms with E-state index in [1.165, 1.54) is 0 Å². The molecule has 3 unspecified atom stereocenters. The second-order valence-electron chi connectivity index (χ2n) is 6.30. The van der Waals surface area contributed by atoms with Crippen LogP contribution in [0.5, 0.6) is 0 Å².